The van der Waals surface area contributed by atoms with E-state index in [1.54, 1.807) is 23.2 Å². The fourth-order valence-corrected chi connectivity index (χ4v) is 2.50. The summed E-state index contributed by atoms with van der Waals surface area (Å²) in [5, 5.41) is 13.0. The molecule has 0 spiro atoms. The number of amides is 1. The molecule has 1 aliphatic rings. The van der Waals surface area contributed by atoms with E-state index in [2.05, 4.69) is 10.3 Å². The van der Waals surface area contributed by atoms with E-state index in [0.29, 0.717) is 10.8 Å². The lowest BCUT2D eigenvalue weighted by Gasteiger charge is -2.27. The third-order valence-corrected chi connectivity index (χ3v) is 3.77. The van der Waals surface area contributed by atoms with E-state index in [4.69, 9.17) is 11.6 Å². The van der Waals surface area contributed by atoms with E-state index in [-0.39, 0.29) is 24.6 Å². The quantitative estimate of drug-likeness (QED) is 0.886. The van der Waals surface area contributed by atoms with Gasteiger partial charge in [0.25, 0.3) is 0 Å². The van der Waals surface area contributed by atoms with Gasteiger partial charge in [0.2, 0.25) is 5.91 Å². The van der Waals surface area contributed by atoms with Crippen molar-refractivity contribution in [2.45, 2.75) is 37.8 Å². The molecule has 0 aliphatic heterocycles. The maximum atomic E-state index is 12.0. The molecule has 0 atom stereocenters. The number of likely N-dealkylation sites (N-methyl/N-ethyl adjacent to an activating group) is 1. The molecule has 0 aromatic carbocycles. The summed E-state index contributed by atoms with van der Waals surface area (Å²) in [5.41, 5.74) is 0. The van der Waals surface area contributed by atoms with Gasteiger partial charge >= 0.3 is 0 Å². The van der Waals surface area contributed by atoms with Crippen LogP contribution in [0.2, 0.25) is 5.02 Å². The summed E-state index contributed by atoms with van der Waals surface area (Å²) in [6, 6.07) is 3.71. The number of carbonyl (C=O) groups is 1. The van der Waals surface area contributed by atoms with Crippen LogP contribution in [-0.4, -0.2) is 41.7 Å². The predicted octanol–water partition coefficient (Wildman–Crippen LogP) is 1.59. The van der Waals surface area contributed by atoms with Crippen molar-refractivity contribution in [1.29, 1.82) is 0 Å². The largest absolute Gasteiger partial charge is 0.393 e. The maximum Gasteiger partial charge on any atom is 0.239 e. The van der Waals surface area contributed by atoms with Gasteiger partial charge in [0.1, 0.15) is 5.82 Å². The second-order valence-corrected chi connectivity index (χ2v) is 5.70. The summed E-state index contributed by atoms with van der Waals surface area (Å²) >= 11 is 5.78. The van der Waals surface area contributed by atoms with Crippen LogP contribution in [0.5, 0.6) is 0 Å². The van der Waals surface area contributed by atoms with E-state index < -0.39 is 0 Å². The third kappa shape index (κ3) is 4.35. The van der Waals surface area contributed by atoms with Crippen molar-refractivity contribution in [2.75, 3.05) is 18.5 Å². The normalized spacial score (nSPS) is 22.4. The van der Waals surface area contributed by atoms with Crippen LogP contribution >= 0.6 is 11.6 Å². The van der Waals surface area contributed by atoms with Gasteiger partial charge in [-0.3, -0.25) is 4.79 Å². The van der Waals surface area contributed by atoms with Gasteiger partial charge in [0.15, 0.2) is 0 Å². The topological polar surface area (TPSA) is 65.5 Å². The number of hydrogen-bond donors (Lipinski definition) is 2. The summed E-state index contributed by atoms with van der Waals surface area (Å²) in [4.78, 5) is 17.9. The van der Waals surface area contributed by atoms with E-state index >= 15 is 0 Å². The van der Waals surface area contributed by atoms with Gasteiger partial charge < -0.3 is 15.3 Å². The fraction of sp³-hybridized carbons (Fsp3) is 0.571. The molecular weight excluding hydrogens is 278 g/mol. The van der Waals surface area contributed by atoms with Crippen LogP contribution in [0.4, 0.5) is 5.82 Å². The number of anilines is 1. The molecule has 1 aliphatic carbocycles. The summed E-state index contributed by atoms with van der Waals surface area (Å²) in [7, 11) is 1.82. The van der Waals surface area contributed by atoms with Crippen molar-refractivity contribution >= 4 is 23.3 Å². The lowest BCUT2D eigenvalue weighted by molar-refractivity contribution is -0.120. The average Bonchev–Trinajstić information content (AvgIpc) is 2.42. The molecule has 0 radical (unpaired) electrons. The van der Waals surface area contributed by atoms with E-state index in [9.17, 15) is 9.90 Å². The van der Waals surface area contributed by atoms with Crippen LogP contribution in [0.3, 0.4) is 0 Å². The van der Waals surface area contributed by atoms with Crippen LogP contribution in [0.25, 0.3) is 0 Å². The van der Waals surface area contributed by atoms with Crippen LogP contribution < -0.4 is 10.2 Å². The highest BCUT2D eigenvalue weighted by molar-refractivity contribution is 6.30. The number of aliphatic hydroxyl groups is 1. The Morgan fingerprint density at radius 1 is 1.45 bits per heavy atom. The summed E-state index contributed by atoms with van der Waals surface area (Å²) in [6.07, 6.45) is 4.57. The molecule has 1 heterocycles. The van der Waals surface area contributed by atoms with Crippen molar-refractivity contribution in [3.63, 3.8) is 0 Å². The Morgan fingerprint density at radius 2 is 2.15 bits per heavy atom. The zero-order valence-corrected chi connectivity index (χ0v) is 12.3. The van der Waals surface area contributed by atoms with Crippen LogP contribution in [0, 0.1) is 0 Å². The van der Waals surface area contributed by atoms with Crippen LogP contribution in [-0.2, 0) is 4.79 Å². The predicted molar refractivity (Wildman–Crippen MR) is 78.9 cm³/mol. The zero-order valence-electron chi connectivity index (χ0n) is 11.6. The molecule has 110 valence electrons. The second kappa shape index (κ2) is 6.90. The smallest absolute Gasteiger partial charge is 0.239 e. The van der Waals surface area contributed by atoms with Gasteiger partial charge in [-0.2, -0.15) is 0 Å². The standard InChI is InChI=1S/C14H20ClN3O2/c1-18(13-7-2-10(15)8-16-13)9-14(20)17-11-3-5-12(19)6-4-11/h2,7-8,11-12,19H,3-6,9H2,1H3,(H,17,20). The summed E-state index contributed by atoms with van der Waals surface area (Å²) in [6.45, 7) is 0.258. The molecule has 5 nitrogen and oxygen atoms in total. The number of aromatic nitrogens is 1. The van der Waals surface area contributed by atoms with Crippen molar-refractivity contribution in [2.24, 2.45) is 0 Å². The minimum atomic E-state index is -0.205. The molecular formula is C14H20ClN3O2. The molecule has 1 aromatic rings. The number of nitrogens with one attached hydrogen (secondary N) is 1. The first kappa shape index (κ1) is 15.1. The minimum absolute atomic E-state index is 0.0226. The Hall–Kier alpha value is -1.33. The Bertz CT molecular complexity index is 444. The Labute approximate surface area is 123 Å². The maximum absolute atomic E-state index is 12.0. The minimum Gasteiger partial charge on any atom is -0.393 e. The molecule has 1 fully saturated rings. The number of carbonyl (C=O) groups excluding carboxylic acids is 1. The second-order valence-electron chi connectivity index (χ2n) is 5.26. The molecule has 2 N–H and O–H groups in total. The number of halogens is 1. The SMILES string of the molecule is CN(CC(=O)NC1CCC(O)CC1)c1ccc(Cl)cn1. The van der Waals surface area contributed by atoms with Gasteiger partial charge in [-0.25, -0.2) is 4.98 Å². The zero-order chi connectivity index (χ0) is 14.5. The highest BCUT2D eigenvalue weighted by Crippen LogP contribution is 2.18. The molecule has 20 heavy (non-hydrogen) atoms. The van der Waals surface area contributed by atoms with Crippen molar-refractivity contribution in [3.8, 4) is 0 Å². The fourth-order valence-electron chi connectivity index (χ4n) is 2.38. The van der Waals surface area contributed by atoms with Gasteiger partial charge in [-0.15, -0.1) is 0 Å². The van der Waals surface area contributed by atoms with E-state index in [1.165, 1.54) is 0 Å². The summed E-state index contributed by atoms with van der Waals surface area (Å²) in [5.74, 6) is 0.689. The molecule has 1 aromatic heterocycles. The molecule has 1 amide bonds. The number of hydrogen-bond acceptors (Lipinski definition) is 4. The van der Waals surface area contributed by atoms with Crippen molar-refractivity contribution < 1.29 is 9.90 Å². The molecule has 1 saturated carbocycles. The first-order valence-electron chi connectivity index (χ1n) is 6.84. The first-order valence-corrected chi connectivity index (χ1v) is 7.22. The molecule has 0 bridgehead atoms. The van der Waals surface area contributed by atoms with Gasteiger partial charge in [-0.05, 0) is 37.8 Å². The highest BCUT2D eigenvalue weighted by Gasteiger charge is 2.21. The van der Waals surface area contributed by atoms with Crippen LogP contribution in [0.1, 0.15) is 25.7 Å². The van der Waals surface area contributed by atoms with Gasteiger partial charge in [0, 0.05) is 19.3 Å². The molecule has 2 rings (SSSR count). The average molecular weight is 298 g/mol. The lowest BCUT2D eigenvalue weighted by Crippen LogP contribution is -2.43. The van der Waals surface area contributed by atoms with Crippen LogP contribution in [0.15, 0.2) is 18.3 Å². The summed E-state index contributed by atoms with van der Waals surface area (Å²) < 4.78 is 0. The Morgan fingerprint density at radius 3 is 2.75 bits per heavy atom. The van der Waals surface area contributed by atoms with E-state index in [1.807, 2.05) is 7.05 Å². The van der Waals surface area contributed by atoms with Crippen molar-refractivity contribution in [1.82, 2.24) is 10.3 Å². The van der Waals surface area contributed by atoms with E-state index in [0.717, 1.165) is 25.7 Å². The number of aliphatic hydroxyl groups excluding tert-OH is 1. The van der Waals surface area contributed by atoms with Gasteiger partial charge in [-0.1, -0.05) is 11.6 Å². The molecule has 0 unspecified atom stereocenters. The number of pyridine rings is 1. The number of nitrogens with zero attached hydrogens (tertiary/aromatic N) is 2. The lowest BCUT2D eigenvalue weighted by atomic mass is 9.93. The van der Waals surface area contributed by atoms with Crippen molar-refractivity contribution in [3.05, 3.63) is 23.4 Å². The number of rotatable bonds is 4. The monoisotopic (exact) mass is 297 g/mol. The highest BCUT2D eigenvalue weighted by atomic mass is 35.5. The molecule has 6 heteroatoms. The molecule has 0 saturated heterocycles. The Balaban J connectivity index is 1.80. The van der Waals surface area contributed by atoms with Gasteiger partial charge in [0.05, 0.1) is 17.7 Å². The Kier molecular flexibility index (Phi) is 5.20. The third-order valence-electron chi connectivity index (χ3n) is 3.55. The first-order chi connectivity index (χ1) is 9.54.